The van der Waals surface area contributed by atoms with Crippen molar-refractivity contribution in [2.75, 3.05) is 13.2 Å². The molecular weight excluding hydrogens is 354 g/mol. The van der Waals surface area contributed by atoms with Crippen molar-refractivity contribution >= 4 is 0 Å². The van der Waals surface area contributed by atoms with Gasteiger partial charge in [0.2, 0.25) is 0 Å². The zero-order valence-corrected chi connectivity index (χ0v) is 18.4. The first-order chi connectivity index (χ1) is 13.7. The van der Waals surface area contributed by atoms with Crippen LogP contribution in [0.3, 0.4) is 0 Å². The van der Waals surface area contributed by atoms with Crippen molar-refractivity contribution in [3.63, 3.8) is 0 Å². The van der Waals surface area contributed by atoms with Crippen LogP contribution in [0.2, 0.25) is 0 Å². The predicted octanol–water partition coefficient (Wildman–Crippen LogP) is 7.25. The molecular formula is C23H45NO4. The lowest BCUT2D eigenvalue weighted by Gasteiger charge is -2.29. The highest BCUT2D eigenvalue weighted by Gasteiger charge is 2.28. The van der Waals surface area contributed by atoms with Crippen LogP contribution in [0, 0.1) is 16.0 Å². The first-order valence-corrected chi connectivity index (χ1v) is 12.1. The Hall–Kier alpha value is -0.840. The van der Waals surface area contributed by atoms with Crippen molar-refractivity contribution in [1.29, 1.82) is 0 Å². The zero-order chi connectivity index (χ0) is 20.3. The minimum Gasteiger partial charge on any atom is -0.379 e. The van der Waals surface area contributed by atoms with Crippen molar-refractivity contribution in [2.24, 2.45) is 5.92 Å². The molecule has 0 aromatic heterocycles. The summed E-state index contributed by atoms with van der Waals surface area (Å²) in [4.78, 5) is 15.3. The number of hydrogen-bond acceptors (Lipinski definition) is 4. The number of unbranched alkanes of at least 4 members (excludes halogenated alkanes) is 15. The molecule has 2 atom stereocenters. The molecule has 0 N–H and O–H groups in total. The van der Waals surface area contributed by atoms with Crippen molar-refractivity contribution in [2.45, 2.75) is 129 Å². The summed E-state index contributed by atoms with van der Waals surface area (Å²) in [6.07, 6.45) is 23.5. The standard InChI is InChI=1S/C23H45NO4/c1-2-3-4-5-6-7-8-9-10-11-12-13-14-15-16-17-18-22-19-20-27-21-23(22)28-24(25)26/h22-23H,2-21H2,1H3. The Bertz CT molecular complexity index is 365. The van der Waals surface area contributed by atoms with Gasteiger partial charge < -0.3 is 9.57 Å². The Morgan fingerprint density at radius 1 is 0.821 bits per heavy atom. The van der Waals surface area contributed by atoms with Crippen LogP contribution in [0.5, 0.6) is 0 Å². The highest BCUT2D eigenvalue weighted by molar-refractivity contribution is 4.73. The normalized spacial score (nSPS) is 19.6. The summed E-state index contributed by atoms with van der Waals surface area (Å²) in [5.74, 6) is 0.283. The van der Waals surface area contributed by atoms with Crippen LogP contribution in [0.15, 0.2) is 0 Å². The van der Waals surface area contributed by atoms with Gasteiger partial charge in [-0.3, -0.25) is 0 Å². The van der Waals surface area contributed by atoms with E-state index in [1.165, 1.54) is 96.3 Å². The van der Waals surface area contributed by atoms with Crippen LogP contribution in [0.25, 0.3) is 0 Å². The molecule has 1 rings (SSSR count). The van der Waals surface area contributed by atoms with E-state index in [0.29, 0.717) is 13.2 Å². The van der Waals surface area contributed by atoms with Crippen LogP contribution < -0.4 is 0 Å². The summed E-state index contributed by atoms with van der Waals surface area (Å²) in [5, 5.41) is 9.90. The molecule has 1 aliphatic rings. The van der Waals surface area contributed by atoms with Crippen LogP contribution in [-0.4, -0.2) is 24.4 Å². The molecule has 5 nitrogen and oxygen atoms in total. The van der Waals surface area contributed by atoms with E-state index in [1.807, 2.05) is 0 Å². The quantitative estimate of drug-likeness (QED) is 0.130. The van der Waals surface area contributed by atoms with Gasteiger partial charge >= 0.3 is 0 Å². The van der Waals surface area contributed by atoms with Gasteiger partial charge in [-0.25, -0.2) is 0 Å². The second kappa shape index (κ2) is 18.2. The largest absolute Gasteiger partial charge is 0.379 e. The molecule has 1 aliphatic heterocycles. The first-order valence-electron chi connectivity index (χ1n) is 12.1. The minimum absolute atomic E-state index is 0.283. The molecule has 1 heterocycles. The van der Waals surface area contributed by atoms with Crippen LogP contribution in [-0.2, 0) is 9.57 Å². The molecule has 0 saturated carbocycles. The lowest BCUT2D eigenvalue weighted by molar-refractivity contribution is -0.771. The Morgan fingerprint density at radius 3 is 1.75 bits per heavy atom. The Morgan fingerprint density at radius 2 is 1.29 bits per heavy atom. The first kappa shape index (κ1) is 25.2. The maximum atomic E-state index is 10.6. The number of nitrogens with zero attached hydrogens (tertiary/aromatic N) is 1. The molecule has 1 saturated heterocycles. The summed E-state index contributed by atoms with van der Waals surface area (Å²) in [7, 11) is 0. The number of rotatable bonds is 19. The van der Waals surface area contributed by atoms with E-state index in [4.69, 9.17) is 9.57 Å². The van der Waals surface area contributed by atoms with Gasteiger partial charge in [-0.2, -0.15) is 0 Å². The molecule has 28 heavy (non-hydrogen) atoms. The maximum Gasteiger partial charge on any atom is 0.294 e. The second-order valence-corrected chi connectivity index (χ2v) is 8.58. The minimum atomic E-state index is -0.667. The number of hydrogen-bond donors (Lipinski definition) is 0. The van der Waals surface area contributed by atoms with Gasteiger partial charge in [0.15, 0.2) is 0 Å². The van der Waals surface area contributed by atoms with Gasteiger partial charge in [0.05, 0.1) is 6.61 Å². The van der Waals surface area contributed by atoms with Gasteiger partial charge in [-0.05, 0) is 18.8 Å². The van der Waals surface area contributed by atoms with Crippen molar-refractivity contribution in [3.05, 3.63) is 10.1 Å². The summed E-state index contributed by atoms with van der Waals surface area (Å²) < 4.78 is 5.32. The third kappa shape index (κ3) is 14.2. The number of ether oxygens (including phenoxy) is 1. The Kier molecular flexibility index (Phi) is 16.4. The lowest BCUT2D eigenvalue weighted by Crippen LogP contribution is -2.36. The van der Waals surface area contributed by atoms with E-state index < -0.39 is 5.09 Å². The van der Waals surface area contributed by atoms with Gasteiger partial charge in [0.25, 0.3) is 5.09 Å². The van der Waals surface area contributed by atoms with E-state index in [2.05, 4.69) is 6.92 Å². The molecule has 0 spiro atoms. The highest BCUT2D eigenvalue weighted by atomic mass is 17.0. The topological polar surface area (TPSA) is 61.6 Å². The molecule has 5 heteroatoms. The van der Waals surface area contributed by atoms with E-state index in [9.17, 15) is 10.1 Å². The second-order valence-electron chi connectivity index (χ2n) is 8.58. The third-order valence-corrected chi connectivity index (χ3v) is 6.09. The van der Waals surface area contributed by atoms with Gasteiger partial charge in [-0.1, -0.05) is 110 Å². The summed E-state index contributed by atoms with van der Waals surface area (Å²) in [6.45, 7) is 3.35. The molecule has 166 valence electrons. The molecule has 2 unspecified atom stereocenters. The Labute approximate surface area is 173 Å². The average Bonchev–Trinajstić information content (AvgIpc) is 2.68. The SMILES string of the molecule is CCCCCCCCCCCCCCCCCCC1CCOCC1O[N+](=O)[O-]. The monoisotopic (exact) mass is 399 g/mol. The Balaban J connectivity index is 1.82. The molecule has 0 radical (unpaired) electrons. The van der Waals surface area contributed by atoms with Gasteiger partial charge in [0.1, 0.15) is 6.10 Å². The van der Waals surface area contributed by atoms with Crippen LogP contribution in [0.4, 0.5) is 0 Å². The fraction of sp³-hybridized carbons (Fsp3) is 1.00. The third-order valence-electron chi connectivity index (χ3n) is 6.09. The fourth-order valence-corrected chi connectivity index (χ4v) is 4.27. The van der Waals surface area contributed by atoms with Crippen molar-refractivity contribution in [1.82, 2.24) is 0 Å². The molecule has 1 fully saturated rings. The van der Waals surface area contributed by atoms with E-state index in [1.54, 1.807) is 0 Å². The molecule has 0 aromatic carbocycles. The van der Waals surface area contributed by atoms with E-state index in [-0.39, 0.29) is 12.0 Å². The van der Waals surface area contributed by atoms with Crippen molar-refractivity contribution < 1.29 is 14.7 Å². The lowest BCUT2D eigenvalue weighted by atomic mass is 9.91. The zero-order valence-electron chi connectivity index (χ0n) is 18.4. The van der Waals surface area contributed by atoms with Gasteiger partial charge in [-0.15, -0.1) is 10.1 Å². The predicted molar refractivity (Wildman–Crippen MR) is 115 cm³/mol. The summed E-state index contributed by atoms with van der Waals surface area (Å²) in [5.41, 5.74) is 0. The average molecular weight is 400 g/mol. The smallest absolute Gasteiger partial charge is 0.294 e. The van der Waals surface area contributed by atoms with Crippen LogP contribution >= 0.6 is 0 Å². The highest BCUT2D eigenvalue weighted by Crippen LogP contribution is 2.25. The fourth-order valence-electron chi connectivity index (χ4n) is 4.27. The summed E-state index contributed by atoms with van der Waals surface area (Å²) in [6, 6.07) is 0. The molecule has 0 aliphatic carbocycles. The van der Waals surface area contributed by atoms with Crippen LogP contribution in [0.1, 0.15) is 122 Å². The molecule has 0 bridgehead atoms. The van der Waals surface area contributed by atoms with E-state index in [0.717, 1.165) is 19.3 Å². The van der Waals surface area contributed by atoms with E-state index >= 15 is 0 Å². The summed E-state index contributed by atoms with van der Waals surface area (Å²) >= 11 is 0. The maximum absolute atomic E-state index is 10.6. The van der Waals surface area contributed by atoms with Crippen molar-refractivity contribution in [3.8, 4) is 0 Å². The van der Waals surface area contributed by atoms with Gasteiger partial charge in [0, 0.05) is 6.61 Å². The molecule has 0 amide bonds. The molecule has 0 aromatic rings.